The molecule has 0 saturated heterocycles. The number of carbonyl (C=O) groups excluding carboxylic acids is 1. The number of ketones is 1. The first kappa shape index (κ1) is 15.1. The minimum atomic E-state index is -0.866. The lowest BCUT2D eigenvalue weighted by Crippen LogP contribution is -2.13. The van der Waals surface area contributed by atoms with Gasteiger partial charge in [0, 0.05) is 16.0 Å². The van der Waals surface area contributed by atoms with E-state index in [1.165, 1.54) is 18.9 Å². The number of para-hydroxylation sites is 1. The zero-order chi connectivity index (χ0) is 15.2. The van der Waals surface area contributed by atoms with Crippen molar-refractivity contribution >= 4 is 17.5 Å². The maximum Gasteiger partial charge on any atom is 0.185 e. The smallest absolute Gasteiger partial charge is 0.185 e. The van der Waals surface area contributed by atoms with E-state index in [1.807, 2.05) is 30.5 Å². The van der Waals surface area contributed by atoms with Crippen LogP contribution in [0, 0.1) is 11.3 Å². The molecule has 1 atom stereocenters. The highest BCUT2D eigenvalue weighted by atomic mass is 32.2. The Morgan fingerprint density at radius 2 is 1.86 bits per heavy atom. The van der Waals surface area contributed by atoms with Crippen LogP contribution in [-0.2, 0) is 0 Å². The van der Waals surface area contributed by atoms with Crippen LogP contribution < -0.4 is 4.74 Å². The first-order valence-corrected chi connectivity index (χ1v) is 7.65. The molecule has 0 aromatic heterocycles. The van der Waals surface area contributed by atoms with Gasteiger partial charge in [-0.05, 0) is 18.4 Å². The summed E-state index contributed by atoms with van der Waals surface area (Å²) in [5.74, 6) is -0.513. The quantitative estimate of drug-likeness (QED) is 0.620. The molecular weight excluding hydrogens is 282 g/mol. The van der Waals surface area contributed by atoms with Crippen LogP contribution in [0.5, 0.6) is 5.75 Å². The molecular formula is C17H15NO2S. The fraction of sp³-hybridized carbons (Fsp3) is 0.176. The molecule has 0 aliphatic heterocycles. The molecule has 0 aliphatic carbocycles. The van der Waals surface area contributed by atoms with Crippen LogP contribution in [-0.4, -0.2) is 19.1 Å². The standard InChI is InChI=1S/C17H15NO2S/c1-20-15-9-5-3-7-12(15)14(11-18)17(19)13-8-4-6-10-16(13)21-2/h3-10,14H,1-2H3. The van der Waals surface area contributed by atoms with Crippen molar-refractivity contribution < 1.29 is 9.53 Å². The van der Waals surface area contributed by atoms with Gasteiger partial charge in [0.2, 0.25) is 0 Å². The van der Waals surface area contributed by atoms with E-state index < -0.39 is 5.92 Å². The zero-order valence-corrected chi connectivity index (χ0v) is 12.7. The monoisotopic (exact) mass is 297 g/mol. The van der Waals surface area contributed by atoms with Gasteiger partial charge in [0.25, 0.3) is 0 Å². The molecule has 2 aromatic carbocycles. The van der Waals surface area contributed by atoms with Gasteiger partial charge < -0.3 is 4.74 Å². The maximum absolute atomic E-state index is 12.7. The number of Topliss-reactive ketones (excluding diaryl/α,β-unsaturated/α-hetero) is 1. The summed E-state index contributed by atoms with van der Waals surface area (Å²) in [6.45, 7) is 0. The molecule has 0 bridgehead atoms. The number of hydrogen-bond acceptors (Lipinski definition) is 4. The Balaban J connectivity index is 2.47. The fourth-order valence-corrected chi connectivity index (χ4v) is 2.78. The molecule has 0 fully saturated rings. The van der Waals surface area contributed by atoms with Gasteiger partial charge in [-0.25, -0.2) is 0 Å². The summed E-state index contributed by atoms with van der Waals surface area (Å²) in [7, 11) is 1.54. The highest BCUT2D eigenvalue weighted by molar-refractivity contribution is 7.98. The largest absolute Gasteiger partial charge is 0.496 e. The topological polar surface area (TPSA) is 50.1 Å². The zero-order valence-electron chi connectivity index (χ0n) is 11.9. The summed E-state index contributed by atoms with van der Waals surface area (Å²) in [5, 5.41) is 9.46. The lowest BCUT2D eigenvalue weighted by molar-refractivity contribution is 0.0975. The number of thioether (sulfide) groups is 1. The Morgan fingerprint density at radius 1 is 1.19 bits per heavy atom. The second kappa shape index (κ2) is 6.96. The summed E-state index contributed by atoms with van der Waals surface area (Å²) >= 11 is 1.50. The second-order valence-electron chi connectivity index (χ2n) is 4.37. The van der Waals surface area contributed by atoms with Gasteiger partial charge in [-0.1, -0.05) is 36.4 Å². The summed E-state index contributed by atoms with van der Waals surface area (Å²) in [5.41, 5.74) is 1.17. The van der Waals surface area contributed by atoms with Crippen LogP contribution in [0.3, 0.4) is 0 Å². The molecule has 1 unspecified atom stereocenters. The van der Waals surface area contributed by atoms with Crippen molar-refractivity contribution in [2.45, 2.75) is 10.8 Å². The Hall–Kier alpha value is -2.25. The third-order valence-corrected chi connectivity index (χ3v) is 4.01. The van der Waals surface area contributed by atoms with Gasteiger partial charge >= 0.3 is 0 Å². The predicted molar refractivity (Wildman–Crippen MR) is 83.9 cm³/mol. The van der Waals surface area contributed by atoms with E-state index in [2.05, 4.69) is 6.07 Å². The minimum Gasteiger partial charge on any atom is -0.496 e. The normalized spacial score (nSPS) is 11.5. The van der Waals surface area contributed by atoms with Gasteiger partial charge in [-0.2, -0.15) is 5.26 Å². The third kappa shape index (κ3) is 3.09. The van der Waals surface area contributed by atoms with Crippen molar-refractivity contribution in [3.05, 3.63) is 59.7 Å². The van der Waals surface area contributed by atoms with Crippen molar-refractivity contribution in [1.82, 2.24) is 0 Å². The SMILES string of the molecule is COc1ccccc1C(C#N)C(=O)c1ccccc1SC. The third-order valence-electron chi connectivity index (χ3n) is 3.21. The molecule has 0 N–H and O–H groups in total. The van der Waals surface area contributed by atoms with Crippen LogP contribution in [0.1, 0.15) is 21.8 Å². The van der Waals surface area contributed by atoms with Crippen molar-refractivity contribution in [2.24, 2.45) is 0 Å². The van der Waals surface area contributed by atoms with Crippen LogP contribution in [0.25, 0.3) is 0 Å². The molecule has 106 valence electrons. The van der Waals surface area contributed by atoms with Crippen molar-refractivity contribution in [3.63, 3.8) is 0 Å². The molecule has 0 aliphatic rings. The van der Waals surface area contributed by atoms with Crippen molar-refractivity contribution in [1.29, 1.82) is 5.26 Å². The Bertz CT molecular complexity index is 691. The second-order valence-corrected chi connectivity index (χ2v) is 5.22. The van der Waals surface area contributed by atoms with E-state index in [9.17, 15) is 10.1 Å². The Labute approximate surface area is 128 Å². The van der Waals surface area contributed by atoms with E-state index >= 15 is 0 Å². The van der Waals surface area contributed by atoms with Crippen LogP contribution in [0.2, 0.25) is 0 Å². The number of methoxy groups -OCH3 is 1. The van der Waals surface area contributed by atoms with Crippen molar-refractivity contribution in [2.75, 3.05) is 13.4 Å². The first-order valence-electron chi connectivity index (χ1n) is 6.42. The molecule has 3 nitrogen and oxygen atoms in total. The predicted octanol–water partition coefficient (Wildman–Crippen LogP) is 3.91. The number of nitrogens with zero attached hydrogens (tertiary/aromatic N) is 1. The van der Waals surface area contributed by atoms with E-state index in [-0.39, 0.29) is 5.78 Å². The molecule has 2 rings (SSSR count). The molecule has 0 saturated carbocycles. The van der Waals surface area contributed by atoms with E-state index in [1.54, 1.807) is 24.3 Å². The molecule has 0 amide bonds. The Kier molecular flexibility index (Phi) is 5.02. The van der Waals surface area contributed by atoms with E-state index in [4.69, 9.17) is 4.74 Å². The lowest BCUT2D eigenvalue weighted by atomic mass is 9.91. The van der Waals surface area contributed by atoms with Gasteiger partial charge in [0.05, 0.1) is 13.2 Å². The molecule has 0 heterocycles. The van der Waals surface area contributed by atoms with E-state index in [0.29, 0.717) is 16.9 Å². The first-order chi connectivity index (χ1) is 10.2. The average molecular weight is 297 g/mol. The van der Waals surface area contributed by atoms with Crippen molar-refractivity contribution in [3.8, 4) is 11.8 Å². The molecule has 21 heavy (non-hydrogen) atoms. The van der Waals surface area contributed by atoms with E-state index in [0.717, 1.165) is 4.90 Å². The average Bonchev–Trinajstić information content (AvgIpc) is 2.55. The molecule has 2 aromatic rings. The lowest BCUT2D eigenvalue weighted by Gasteiger charge is -2.14. The number of hydrogen-bond donors (Lipinski definition) is 0. The number of nitriles is 1. The summed E-state index contributed by atoms with van der Waals surface area (Å²) in [6.07, 6.45) is 1.91. The highest BCUT2D eigenvalue weighted by Crippen LogP contribution is 2.31. The van der Waals surface area contributed by atoms with Crippen LogP contribution in [0.4, 0.5) is 0 Å². The van der Waals surface area contributed by atoms with Gasteiger partial charge in [0.15, 0.2) is 5.78 Å². The summed E-state index contributed by atoms with van der Waals surface area (Å²) in [6, 6.07) is 16.6. The maximum atomic E-state index is 12.7. The highest BCUT2D eigenvalue weighted by Gasteiger charge is 2.26. The van der Waals surface area contributed by atoms with Crippen LogP contribution in [0.15, 0.2) is 53.4 Å². The Morgan fingerprint density at radius 3 is 2.52 bits per heavy atom. The molecule has 0 spiro atoms. The number of rotatable bonds is 5. The van der Waals surface area contributed by atoms with Gasteiger partial charge in [-0.15, -0.1) is 11.8 Å². The summed E-state index contributed by atoms with van der Waals surface area (Å²) < 4.78 is 5.26. The van der Waals surface area contributed by atoms with Gasteiger partial charge in [-0.3, -0.25) is 4.79 Å². The number of benzene rings is 2. The fourth-order valence-electron chi connectivity index (χ4n) is 2.18. The molecule has 0 radical (unpaired) electrons. The van der Waals surface area contributed by atoms with Crippen LogP contribution >= 0.6 is 11.8 Å². The number of ether oxygens (including phenoxy) is 1. The number of carbonyl (C=O) groups is 1. The minimum absolute atomic E-state index is 0.202. The summed E-state index contributed by atoms with van der Waals surface area (Å²) in [4.78, 5) is 13.6. The molecule has 4 heteroatoms. The van der Waals surface area contributed by atoms with Gasteiger partial charge in [0.1, 0.15) is 11.7 Å².